The largest absolute Gasteiger partial charge is 0.496 e. The lowest BCUT2D eigenvalue weighted by atomic mass is 10.2. The van der Waals surface area contributed by atoms with Crippen LogP contribution in [-0.2, 0) is 9.53 Å². The molecule has 0 aliphatic rings. The molecule has 2 aromatic carbocycles. The molecule has 0 fully saturated rings. The highest BCUT2D eigenvalue weighted by molar-refractivity contribution is 5.98. The number of methoxy groups -OCH3 is 1. The number of carbonyl (C=O) groups is 2. The summed E-state index contributed by atoms with van der Waals surface area (Å²) < 4.78 is 10.3. The number of nitrogens with zero attached hydrogens (tertiary/aromatic N) is 2. The maximum Gasteiger partial charge on any atom is 0.342 e. The van der Waals surface area contributed by atoms with E-state index in [4.69, 9.17) is 14.7 Å². The number of benzene rings is 2. The first-order valence-electron chi connectivity index (χ1n) is 8.11. The number of nitriles is 1. The summed E-state index contributed by atoms with van der Waals surface area (Å²) in [5, 5.41) is 8.83. The summed E-state index contributed by atoms with van der Waals surface area (Å²) in [5.41, 5.74) is 1.97. The third-order valence-corrected chi connectivity index (χ3v) is 3.75. The van der Waals surface area contributed by atoms with E-state index in [0.717, 1.165) is 5.56 Å². The van der Waals surface area contributed by atoms with Gasteiger partial charge >= 0.3 is 5.97 Å². The average Bonchev–Trinajstić information content (AvgIpc) is 2.67. The fourth-order valence-corrected chi connectivity index (χ4v) is 2.38. The molecule has 0 aliphatic heterocycles. The van der Waals surface area contributed by atoms with Gasteiger partial charge in [0.25, 0.3) is 5.91 Å². The molecule has 1 amide bonds. The second kappa shape index (κ2) is 9.23. The van der Waals surface area contributed by atoms with Gasteiger partial charge in [-0.1, -0.05) is 29.8 Å². The molecule has 0 N–H and O–H groups in total. The van der Waals surface area contributed by atoms with Crippen molar-refractivity contribution in [3.8, 4) is 11.8 Å². The van der Waals surface area contributed by atoms with Crippen molar-refractivity contribution >= 4 is 17.6 Å². The van der Waals surface area contributed by atoms with Gasteiger partial charge in [0.1, 0.15) is 11.3 Å². The smallest absolute Gasteiger partial charge is 0.342 e. The lowest BCUT2D eigenvalue weighted by Gasteiger charge is -2.22. The Morgan fingerprint density at radius 2 is 1.81 bits per heavy atom. The van der Waals surface area contributed by atoms with Crippen molar-refractivity contribution in [1.29, 1.82) is 5.26 Å². The standard InChI is InChI=1S/C20H20N2O4/c1-15-8-10-16(11-9-15)22(13-5-12-21)19(23)14-26-20(24)17-6-3-4-7-18(17)25-2/h3-4,6-11H,5,13-14H2,1-2H3. The van der Waals surface area contributed by atoms with Crippen LogP contribution in [0.25, 0.3) is 0 Å². The van der Waals surface area contributed by atoms with E-state index >= 15 is 0 Å². The summed E-state index contributed by atoms with van der Waals surface area (Å²) in [6.45, 7) is 1.75. The fraction of sp³-hybridized carbons (Fsp3) is 0.250. The predicted molar refractivity (Wildman–Crippen MR) is 97.0 cm³/mol. The first kappa shape index (κ1) is 19.0. The second-order valence-corrected chi connectivity index (χ2v) is 5.57. The second-order valence-electron chi connectivity index (χ2n) is 5.57. The zero-order chi connectivity index (χ0) is 18.9. The number of rotatable bonds is 7. The van der Waals surface area contributed by atoms with Crippen molar-refractivity contribution in [2.24, 2.45) is 0 Å². The molecule has 0 aromatic heterocycles. The number of ether oxygens (including phenoxy) is 2. The minimum atomic E-state index is -0.639. The Morgan fingerprint density at radius 3 is 2.46 bits per heavy atom. The first-order chi connectivity index (χ1) is 12.6. The highest BCUT2D eigenvalue weighted by Crippen LogP contribution is 2.19. The van der Waals surface area contributed by atoms with Gasteiger partial charge in [-0.05, 0) is 31.2 Å². The zero-order valence-electron chi connectivity index (χ0n) is 14.8. The molecule has 2 rings (SSSR count). The van der Waals surface area contributed by atoms with Gasteiger partial charge in [0.15, 0.2) is 6.61 Å². The Morgan fingerprint density at radius 1 is 1.12 bits per heavy atom. The van der Waals surface area contributed by atoms with E-state index in [1.54, 1.807) is 36.4 Å². The van der Waals surface area contributed by atoms with Crippen molar-refractivity contribution in [1.82, 2.24) is 0 Å². The summed E-state index contributed by atoms with van der Waals surface area (Å²) in [6, 6.07) is 16.0. The lowest BCUT2D eigenvalue weighted by Crippen LogP contribution is -2.35. The van der Waals surface area contributed by atoms with E-state index in [9.17, 15) is 9.59 Å². The highest BCUT2D eigenvalue weighted by atomic mass is 16.5. The number of anilines is 1. The number of para-hydroxylation sites is 1. The number of esters is 1. The van der Waals surface area contributed by atoms with Gasteiger partial charge in [0, 0.05) is 12.2 Å². The van der Waals surface area contributed by atoms with Gasteiger partial charge in [-0.3, -0.25) is 4.79 Å². The van der Waals surface area contributed by atoms with Crippen LogP contribution in [0.15, 0.2) is 48.5 Å². The summed E-state index contributed by atoms with van der Waals surface area (Å²) in [4.78, 5) is 26.2. The van der Waals surface area contributed by atoms with E-state index in [-0.39, 0.29) is 18.5 Å². The van der Waals surface area contributed by atoms with E-state index in [0.29, 0.717) is 11.4 Å². The van der Waals surface area contributed by atoms with E-state index in [2.05, 4.69) is 0 Å². The van der Waals surface area contributed by atoms with Crippen LogP contribution in [0.5, 0.6) is 5.75 Å². The summed E-state index contributed by atoms with van der Waals surface area (Å²) in [6.07, 6.45) is 0.181. The number of hydrogen-bond acceptors (Lipinski definition) is 5. The van der Waals surface area contributed by atoms with E-state index in [1.165, 1.54) is 12.0 Å². The zero-order valence-corrected chi connectivity index (χ0v) is 14.8. The monoisotopic (exact) mass is 352 g/mol. The lowest BCUT2D eigenvalue weighted by molar-refractivity contribution is -0.121. The van der Waals surface area contributed by atoms with Crippen molar-refractivity contribution in [3.63, 3.8) is 0 Å². The van der Waals surface area contributed by atoms with Crippen LogP contribution in [0.4, 0.5) is 5.69 Å². The van der Waals surface area contributed by atoms with Gasteiger partial charge < -0.3 is 14.4 Å². The molecule has 2 aromatic rings. The molecule has 0 aliphatic carbocycles. The van der Waals surface area contributed by atoms with Crippen molar-refractivity contribution in [3.05, 3.63) is 59.7 Å². The third kappa shape index (κ3) is 4.84. The molecular weight excluding hydrogens is 332 g/mol. The van der Waals surface area contributed by atoms with Crippen LogP contribution in [0.2, 0.25) is 0 Å². The van der Waals surface area contributed by atoms with Crippen LogP contribution in [0, 0.1) is 18.3 Å². The Bertz CT molecular complexity index is 809. The van der Waals surface area contributed by atoms with Gasteiger partial charge in [0.05, 0.1) is 19.6 Å². The van der Waals surface area contributed by atoms with Crippen LogP contribution in [0.3, 0.4) is 0 Å². The fourth-order valence-electron chi connectivity index (χ4n) is 2.38. The summed E-state index contributed by atoms with van der Waals surface area (Å²) in [7, 11) is 1.46. The molecule has 0 unspecified atom stereocenters. The maximum atomic E-state index is 12.5. The highest BCUT2D eigenvalue weighted by Gasteiger charge is 2.19. The predicted octanol–water partition coefficient (Wildman–Crippen LogP) is 3.11. The third-order valence-electron chi connectivity index (χ3n) is 3.75. The SMILES string of the molecule is COc1ccccc1C(=O)OCC(=O)N(CCC#N)c1ccc(C)cc1. The average molecular weight is 352 g/mol. The molecule has 0 radical (unpaired) electrons. The van der Waals surface area contributed by atoms with Gasteiger partial charge in [-0.15, -0.1) is 0 Å². The minimum Gasteiger partial charge on any atom is -0.496 e. The van der Waals surface area contributed by atoms with E-state index < -0.39 is 18.5 Å². The quantitative estimate of drug-likeness (QED) is 0.715. The van der Waals surface area contributed by atoms with E-state index in [1.807, 2.05) is 25.1 Å². The molecule has 6 heteroatoms. The van der Waals surface area contributed by atoms with Crippen LogP contribution < -0.4 is 9.64 Å². The van der Waals surface area contributed by atoms with Crippen LogP contribution >= 0.6 is 0 Å². The Balaban J connectivity index is 2.08. The van der Waals surface area contributed by atoms with Crippen molar-refractivity contribution < 1.29 is 19.1 Å². The number of carbonyl (C=O) groups excluding carboxylic acids is 2. The minimum absolute atomic E-state index is 0.181. The van der Waals surface area contributed by atoms with Crippen molar-refractivity contribution in [2.75, 3.05) is 25.2 Å². The topological polar surface area (TPSA) is 79.6 Å². The molecule has 134 valence electrons. The molecule has 0 heterocycles. The van der Waals surface area contributed by atoms with Gasteiger partial charge in [-0.2, -0.15) is 5.26 Å². The molecule has 26 heavy (non-hydrogen) atoms. The Hall–Kier alpha value is -3.33. The van der Waals surface area contributed by atoms with Gasteiger partial charge in [-0.25, -0.2) is 4.79 Å². The van der Waals surface area contributed by atoms with Crippen molar-refractivity contribution in [2.45, 2.75) is 13.3 Å². The maximum absolute atomic E-state index is 12.5. The number of hydrogen-bond donors (Lipinski definition) is 0. The molecular formula is C20H20N2O4. The molecule has 0 bridgehead atoms. The van der Waals surface area contributed by atoms with Crippen LogP contribution in [0.1, 0.15) is 22.3 Å². The van der Waals surface area contributed by atoms with Gasteiger partial charge in [0.2, 0.25) is 0 Å². The summed E-state index contributed by atoms with van der Waals surface area (Å²) in [5.74, 6) is -0.655. The molecule has 0 spiro atoms. The molecule has 0 saturated heterocycles. The molecule has 0 saturated carbocycles. The Kier molecular flexibility index (Phi) is 6.75. The molecule has 0 atom stereocenters. The summed E-state index contributed by atoms with van der Waals surface area (Å²) >= 11 is 0. The Labute approximate surface area is 152 Å². The number of amides is 1. The number of aryl methyl sites for hydroxylation is 1. The normalized spacial score (nSPS) is 9.88. The molecule has 6 nitrogen and oxygen atoms in total. The van der Waals surface area contributed by atoms with Crippen LogP contribution in [-0.4, -0.2) is 32.1 Å². The first-order valence-corrected chi connectivity index (χ1v) is 8.11.